The average molecular weight is 265 g/mol. The van der Waals surface area contributed by atoms with Crippen LogP contribution in [0, 0.1) is 0 Å². The molecule has 0 unspecified atom stereocenters. The SMILES string of the molecule is CC(C)NC(=O)CCNc1ccc(C(=O)O)c(N)c1. The molecule has 0 aliphatic rings. The van der Waals surface area contributed by atoms with Crippen LogP contribution in [0.25, 0.3) is 0 Å². The number of nitrogens with one attached hydrogen (secondary N) is 2. The second kappa shape index (κ2) is 6.63. The maximum Gasteiger partial charge on any atom is 0.337 e. The average Bonchev–Trinajstić information content (AvgIpc) is 2.27. The largest absolute Gasteiger partial charge is 0.478 e. The highest BCUT2D eigenvalue weighted by molar-refractivity contribution is 5.94. The lowest BCUT2D eigenvalue weighted by Gasteiger charge is -2.10. The van der Waals surface area contributed by atoms with Crippen LogP contribution in [0.4, 0.5) is 11.4 Å². The Bertz CT molecular complexity index is 472. The van der Waals surface area contributed by atoms with E-state index in [1.165, 1.54) is 6.07 Å². The standard InChI is InChI=1S/C13H19N3O3/c1-8(2)16-12(17)5-6-15-9-3-4-10(13(18)19)11(14)7-9/h3-4,7-8,15H,5-6,14H2,1-2H3,(H,16,17)(H,18,19). The van der Waals surface area contributed by atoms with Crippen LogP contribution in [0.2, 0.25) is 0 Å². The predicted octanol–water partition coefficient (Wildman–Crippen LogP) is 1.29. The number of carbonyl (C=O) groups is 2. The summed E-state index contributed by atoms with van der Waals surface area (Å²) in [5.41, 5.74) is 6.58. The molecule has 0 spiro atoms. The zero-order chi connectivity index (χ0) is 14.4. The lowest BCUT2D eigenvalue weighted by Crippen LogP contribution is -2.31. The molecule has 0 radical (unpaired) electrons. The second-order valence-electron chi connectivity index (χ2n) is 4.51. The van der Waals surface area contributed by atoms with Crippen molar-refractivity contribution in [2.24, 2.45) is 0 Å². The summed E-state index contributed by atoms with van der Waals surface area (Å²) >= 11 is 0. The van der Waals surface area contributed by atoms with Crippen LogP contribution in [0.1, 0.15) is 30.6 Å². The number of amides is 1. The van der Waals surface area contributed by atoms with Crippen LogP contribution in [0.15, 0.2) is 18.2 Å². The lowest BCUT2D eigenvalue weighted by molar-refractivity contribution is -0.121. The molecule has 0 aliphatic heterocycles. The van der Waals surface area contributed by atoms with Crippen LogP contribution in [0.3, 0.4) is 0 Å². The summed E-state index contributed by atoms with van der Waals surface area (Å²) in [7, 11) is 0. The van der Waals surface area contributed by atoms with E-state index in [0.717, 1.165) is 0 Å². The van der Waals surface area contributed by atoms with Gasteiger partial charge in [-0.05, 0) is 32.0 Å². The number of benzene rings is 1. The van der Waals surface area contributed by atoms with E-state index in [2.05, 4.69) is 10.6 Å². The van der Waals surface area contributed by atoms with Gasteiger partial charge in [-0.2, -0.15) is 0 Å². The molecular weight excluding hydrogens is 246 g/mol. The first kappa shape index (κ1) is 14.8. The number of carboxylic acids is 1. The Morgan fingerprint density at radius 3 is 2.58 bits per heavy atom. The quantitative estimate of drug-likeness (QED) is 0.580. The minimum absolute atomic E-state index is 0.0300. The number of hydrogen-bond acceptors (Lipinski definition) is 4. The lowest BCUT2D eigenvalue weighted by atomic mass is 10.1. The molecule has 1 amide bonds. The summed E-state index contributed by atoms with van der Waals surface area (Å²) < 4.78 is 0. The molecule has 6 heteroatoms. The minimum atomic E-state index is -1.06. The van der Waals surface area contributed by atoms with Gasteiger partial charge in [-0.25, -0.2) is 4.79 Å². The molecule has 0 saturated heterocycles. The summed E-state index contributed by atoms with van der Waals surface area (Å²) in [4.78, 5) is 22.2. The fraction of sp³-hybridized carbons (Fsp3) is 0.385. The van der Waals surface area contributed by atoms with Gasteiger partial charge in [-0.15, -0.1) is 0 Å². The molecule has 104 valence electrons. The second-order valence-corrected chi connectivity index (χ2v) is 4.51. The Morgan fingerprint density at radius 2 is 2.05 bits per heavy atom. The van der Waals surface area contributed by atoms with Crippen LogP contribution in [0.5, 0.6) is 0 Å². The van der Waals surface area contributed by atoms with Gasteiger partial charge in [-0.3, -0.25) is 4.79 Å². The first-order valence-corrected chi connectivity index (χ1v) is 6.06. The fourth-order valence-electron chi connectivity index (χ4n) is 1.58. The Labute approximate surface area is 112 Å². The van der Waals surface area contributed by atoms with Crippen LogP contribution >= 0.6 is 0 Å². The molecule has 0 atom stereocenters. The molecule has 1 rings (SSSR count). The molecule has 0 fully saturated rings. The van der Waals surface area contributed by atoms with E-state index in [9.17, 15) is 9.59 Å². The minimum Gasteiger partial charge on any atom is -0.478 e. The molecule has 0 aliphatic carbocycles. The van der Waals surface area contributed by atoms with Gasteiger partial charge in [0.2, 0.25) is 5.91 Å². The third-order valence-electron chi connectivity index (χ3n) is 2.41. The highest BCUT2D eigenvalue weighted by Crippen LogP contribution is 2.17. The van der Waals surface area contributed by atoms with E-state index in [1.807, 2.05) is 13.8 Å². The molecule has 5 N–H and O–H groups in total. The monoisotopic (exact) mass is 265 g/mol. The first-order valence-electron chi connectivity index (χ1n) is 6.06. The topological polar surface area (TPSA) is 104 Å². The number of rotatable bonds is 6. The summed E-state index contributed by atoms with van der Waals surface area (Å²) in [5.74, 6) is -1.09. The van der Waals surface area contributed by atoms with E-state index < -0.39 is 5.97 Å². The molecule has 0 heterocycles. The van der Waals surface area contributed by atoms with Gasteiger partial charge in [0.15, 0.2) is 0 Å². The summed E-state index contributed by atoms with van der Waals surface area (Å²) in [6.45, 7) is 4.26. The molecule has 19 heavy (non-hydrogen) atoms. The van der Waals surface area contributed by atoms with E-state index in [-0.39, 0.29) is 23.2 Å². The predicted molar refractivity (Wildman–Crippen MR) is 74.2 cm³/mol. The van der Waals surface area contributed by atoms with Crippen LogP contribution in [-0.4, -0.2) is 29.6 Å². The maximum absolute atomic E-state index is 11.4. The number of anilines is 2. The van der Waals surface area contributed by atoms with Gasteiger partial charge in [0, 0.05) is 30.4 Å². The summed E-state index contributed by atoms with van der Waals surface area (Å²) in [5, 5.41) is 14.6. The Morgan fingerprint density at radius 1 is 1.37 bits per heavy atom. The summed E-state index contributed by atoms with van der Waals surface area (Å²) in [6, 6.07) is 4.73. The third-order valence-corrected chi connectivity index (χ3v) is 2.41. The van der Waals surface area contributed by atoms with Crippen molar-refractivity contribution in [3.8, 4) is 0 Å². The highest BCUT2D eigenvalue weighted by Gasteiger charge is 2.08. The van der Waals surface area contributed by atoms with E-state index in [4.69, 9.17) is 10.8 Å². The van der Waals surface area contributed by atoms with Crippen molar-refractivity contribution in [1.29, 1.82) is 0 Å². The Kier molecular flexibility index (Phi) is 5.17. The van der Waals surface area contributed by atoms with Gasteiger partial charge >= 0.3 is 5.97 Å². The highest BCUT2D eigenvalue weighted by atomic mass is 16.4. The normalized spacial score (nSPS) is 10.3. The fourth-order valence-corrected chi connectivity index (χ4v) is 1.58. The molecule has 6 nitrogen and oxygen atoms in total. The Hall–Kier alpha value is -2.24. The van der Waals surface area contributed by atoms with Crippen molar-refractivity contribution in [3.05, 3.63) is 23.8 Å². The number of nitrogens with two attached hydrogens (primary N) is 1. The number of carboxylic acid groups (broad SMARTS) is 1. The Balaban J connectivity index is 2.48. The van der Waals surface area contributed by atoms with Crippen molar-refractivity contribution in [2.75, 3.05) is 17.6 Å². The van der Waals surface area contributed by atoms with Crippen molar-refractivity contribution >= 4 is 23.3 Å². The zero-order valence-electron chi connectivity index (χ0n) is 11.1. The van der Waals surface area contributed by atoms with Gasteiger partial charge in [0.25, 0.3) is 0 Å². The number of nitrogen functional groups attached to an aromatic ring is 1. The molecular formula is C13H19N3O3. The molecule has 1 aromatic carbocycles. The van der Waals surface area contributed by atoms with Crippen LogP contribution < -0.4 is 16.4 Å². The van der Waals surface area contributed by atoms with Crippen molar-refractivity contribution < 1.29 is 14.7 Å². The number of hydrogen-bond donors (Lipinski definition) is 4. The first-order chi connectivity index (χ1) is 8.90. The maximum atomic E-state index is 11.4. The number of carbonyl (C=O) groups excluding carboxylic acids is 1. The third kappa shape index (κ3) is 4.87. The zero-order valence-corrected chi connectivity index (χ0v) is 11.1. The van der Waals surface area contributed by atoms with Crippen molar-refractivity contribution in [2.45, 2.75) is 26.3 Å². The molecule has 0 saturated carbocycles. The van der Waals surface area contributed by atoms with Gasteiger partial charge in [0.1, 0.15) is 0 Å². The van der Waals surface area contributed by atoms with E-state index >= 15 is 0 Å². The van der Waals surface area contributed by atoms with Gasteiger partial charge in [0.05, 0.1) is 5.56 Å². The van der Waals surface area contributed by atoms with E-state index in [0.29, 0.717) is 18.7 Å². The van der Waals surface area contributed by atoms with Gasteiger partial charge < -0.3 is 21.5 Å². The molecule has 0 bridgehead atoms. The van der Waals surface area contributed by atoms with Gasteiger partial charge in [-0.1, -0.05) is 0 Å². The van der Waals surface area contributed by atoms with Crippen molar-refractivity contribution in [3.63, 3.8) is 0 Å². The van der Waals surface area contributed by atoms with Crippen molar-refractivity contribution in [1.82, 2.24) is 5.32 Å². The smallest absolute Gasteiger partial charge is 0.337 e. The summed E-state index contributed by atoms with van der Waals surface area (Å²) in [6.07, 6.45) is 0.346. The number of aromatic carboxylic acids is 1. The molecule has 0 aromatic heterocycles. The molecule has 1 aromatic rings. The van der Waals surface area contributed by atoms with E-state index in [1.54, 1.807) is 12.1 Å². The van der Waals surface area contributed by atoms with Crippen LogP contribution in [-0.2, 0) is 4.79 Å².